The van der Waals surface area contributed by atoms with Crippen LogP contribution < -0.4 is 16.0 Å². The SMILES string of the molecule is CCc1cccc(NC(=O)N2CCC3(C2)Nc2cccnc2NC3=NC(C)(C)C)c1. The Morgan fingerprint density at radius 1 is 1.30 bits per heavy atom. The summed E-state index contributed by atoms with van der Waals surface area (Å²) in [4.78, 5) is 24.2. The van der Waals surface area contributed by atoms with E-state index in [1.807, 2.05) is 35.2 Å². The van der Waals surface area contributed by atoms with E-state index in [0.717, 1.165) is 35.9 Å². The summed E-state index contributed by atoms with van der Waals surface area (Å²) in [5, 5.41) is 10.1. The molecule has 2 aliphatic heterocycles. The zero-order chi connectivity index (χ0) is 21.4. The standard InChI is InChI=1S/C23H30N6O/c1-5-16-8-6-9-17(14-16)25-21(30)29-13-11-23(15-29)20(28-22(2,3)4)26-19-18(27-23)10-7-12-24-19/h6-10,12,14,27H,5,11,13,15H2,1-4H3,(H,25,30)(H,24,26,28). The quantitative estimate of drug-likeness (QED) is 0.692. The average molecular weight is 407 g/mol. The van der Waals surface area contributed by atoms with Crippen LogP contribution in [-0.4, -0.2) is 45.9 Å². The molecule has 7 heteroatoms. The summed E-state index contributed by atoms with van der Waals surface area (Å²) in [6.07, 6.45) is 3.47. The number of amides is 2. The fourth-order valence-electron chi connectivity index (χ4n) is 3.97. The third kappa shape index (κ3) is 4.10. The minimum atomic E-state index is -0.452. The van der Waals surface area contributed by atoms with Crippen molar-refractivity contribution in [3.05, 3.63) is 48.2 Å². The molecule has 1 unspecified atom stereocenters. The number of nitrogens with one attached hydrogen (secondary N) is 3. The Bertz CT molecular complexity index is 980. The predicted octanol–water partition coefficient (Wildman–Crippen LogP) is 4.36. The number of benzene rings is 1. The molecule has 2 amide bonds. The number of aryl methyl sites for hydroxylation is 1. The lowest BCUT2D eigenvalue weighted by Crippen LogP contribution is -2.55. The number of hydrogen-bond acceptors (Lipinski definition) is 4. The van der Waals surface area contributed by atoms with Crippen molar-refractivity contribution in [2.75, 3.05) is 29.0 Å². The van der Waals surface area contributed by atoms with E-state index in [9.17, 15) is 4.79 Å². The number of urea groups is 1. The van der Waals surface area contributed by atoms with Gasteiger partial charge < -0.3 is 20.9 Å². The number of nitrogens with zero attached hydrogens (tertiary/aromatic N) is 3. The molecule has 1 saturated heterocycles. The number of likely N-dealkylation sites (tertiary alicyclic amines) is 1. The molecule has 3 N–H and O–H groups in total. The topological polar surface area (TPSA) is 81.7 Å². The van der Waals surface area contributed by atoms with Gasteiger partial charge in [0.1, 0.15) is 11.4 Å². The van der Waals surface area contributed by atoms with Crippen molar-refractivity contribution in [1.29, 1.82) is 0 Å². The van der Waals surface area contributed by atoms with E-state index >= 15 is 0 Å². The summed E-state index contributed by atoms with van der Waals surface area (Å²) in [5.74, 6) is 1.61. The highest BCUT2D eigenvalue weighted by molar-refractivity contribution is 6.09. The molecule has 1 spiro atoms. The summed E-state index contributed by atoms with van der Waals surface area (Å²) in [6.45, 7) is 9.50. The summed E-state index contributed by atoms with van der Waals surface area (Å²) >= 11 is 0. The van der Waals surface area contributed by atoms with Crippen LogP contribution in [0.5, 0.6) is 0 Å². The van der Waals surface area contributed by atoms with Crippen LogP contribution in [0.4, 0.5) is 22.0 Å². The Kier molecular flexibility index (Phi) is 5.13. The van der Waals surface area contributed by atoms with Gasteiger partial charge in [-0.15, -0.1) is 0 Å². The van der Waals surface area contributed by atoms with Gasteiger partial charge >= 0.3 is 6.03 Å². The van der Waals surface area contributed by atoms with Crippen LogP contribution in [0, 0.1) is 0 Å². The lowest BCUT2D eigenvalue weighted by molar-refractivity contribution is 0.221. The molecule has 2 aliphatic rings. The Balaban J connectivity index is 1.57. The number of pyridine rings is 1. The van der Waals surface area contributed by atoms with Gasteiger partial charge in [-0.1, -0.05) is 19.1 Å². The molecule has 3 heterocycles. The molecular formula is C23H30N6O. The number of carbonyl (C=O) groups excluding carboxylic acids is 1. The van der Waals surface area contributed by atoms with Gasteiger partial charge in [-0.3, -0.25) is 4.99 Å². The third-order valence-corrected chi connectivity index (χ3v) is 5.46. The molecule has 7 nitrogen and oxygen atoms in total. The average Bonchev–Trinajstić information content (AvgIpc) is 3.12. The summed E-state index contributed by atoms with van der Waals surface area (Å²) in [6, 6.07) is 11.8. The second kappa shape index (κ2) is 7.63. The van der Waals surface area contributed by atoms with E-state index in [0.29, 0.717) is 13.1 Å². The number of aliphatic imine (C=N–C) groups is 1. The van der Waals surface area contributed by atoms with Gasteiger partial charge in [0.15, 0.2) is 5.82 Å². The van der Waals surface area contributed by atoms with Gasteiger partial charge in [0, 0.05) is 18.4 Å². The van der Waals surface area contributed by atoms with Gasteiger partial charge in [-0.05, 0) is 63.4 Å². The maximum atomic E-state index is 13.0. The number of aromatic nitrogens is 1. The van der Waals surface area contributed by atoms with Crippen LogP contribution in [-0.2, 0) is 6.42 Å². The number of carbonyl (C=O) groups is 1. The Hall–Kier alpha value is -3.09. The molecule has 0 saturated carbocycles. The highest BCUT2D eigenvalue weighted by atomic mass is 16.2. The molecule has 0 bridgehead atoms. The van der Waals surface area contributed by atoms with Gasteiger partial charge in [0.2, 0.25) is 0 Å². The molecule has 0 radical (unpaired) electrons. The first-order valence-corrected chi connectivity index (χ1v) is 10.5. The first-order chi connectivity index (χ1) is 14.3. The lowest BCUT2D eigenvalue weighted by Gasteiger charge is -2.39. The number of rotatable bonds is 2. The van der Waals surface area contributed by atoms with Crippen LogP contribution in [0.15, 0.2) is 47.6 Å². The zero-order valence-electron chi connectivity index (χ0n) is 18.1. The lowest BCUT2D eigenvalue weighted by atomic mass is 9.93. The maximum absolute atomic E-state index is 13.0. The Morgan fingerprint density at radius 3 is 2.90 bits per heavy atom. The van der Waals surface area contributed by atoms with Gasteiger partial charge in [0.25, 0.3) is 0 Å². The van der Waals surface area contributed by atoms with E-state index in [-0.39, 0.29) is 11.6 Å². The molecule has 0 aliphatic carbocycles. The smallest absolute Gasteiger partial charge is 0.321 e. The molecule has 1 atom stereocenters. The van der Waals surface area contributed by atoms with E-state index in [4.69, 9.17) is 4.99 Å². The van der Waals surface area contributed by atoms with Crippen molar-refractivity contribution in [3.8, 4) is 0 Å². The molecule has 30 heavy (non-hydrogen) atoms. The largest absolute Gasteiger partial charge is 0.368 e. The second-order valence-corrected chi connectivity index (χ2v) is 9.02. The van der Waals surface area contributed by atoms with Crippen molar-refractivity contribution in [2.24, 2.45) is 4.99 Å². The van der Waals surface area contributed by atoms with E-state index in [1.165, 1.54) is 5.56 Å². The van der Waals surface area contributed by atoms with Crippen LogP contribution >= 0.6 is 0 Å². The highest BCUT2D eigenvalue weighted by Crippen LogP contribution is 2.36. The first-order valence-electron chi connectivity index (χ1n) is 10.5. The monoisotopic (exact) mass is 406 g/mol. The minimum absolute atomic E-state index is 0.0889. The third-order valence-electron chi connectivity index (χ3n) is 5.46. The van der Waals surface area contributed by atoms with E-state index in [2.05, 4.69) is 54.7 Å². The summed E-state index contributed by atoms with van der Waals surface area (Å²) < 4.78 is 0. The van der Waals surface area contributed by atoms with Crippen molar-refractivity contribution in [2.45, 2.75) is 51.6 Å². The van der Waals surface area contributed by atoms with Gasteiger partial charge in [0.05, 0.1) is 17.8 Å². The number of amidine groups is 1. The van der Waals surface area contributed by atoms with Crippen LogP contribution in [0.1, 0.15) is 39.7 Å². The normalized spacial score (nSPS) is 21.9. The molecule has 4 rings (SSSR count). The molecule has 158 valence electrons. The van der Waals surface area contributed by atoms with Crippen molar-refractivity contribution >= 4 is 29.1 Å². The maximum Gasteiger partial charge on any atom is 0.321 e. The fourth-order valence-corrected chi connectivity index (χ4v) is 3.97. The van der Waals surface area contributed by atoms with Crippen LogP contribution in [0.2, 0.25) is 0 Å². The van der Waals surface area contributed by atoms with Gasteiger partial charge in [-0.2, -0.15) is 0 Å². The number of anilines is 3. The molecular weight excluding hydrogens is 376 g/mol. The molecule has 1 fully saturated rings. The predicted molar refractivity (Wildman–Crippen MR) is 122 cm³/mol. The zero-order valence-corrected chi connectivity index (χ0v) is 18.1. The van der Waals surface area contributed by atoms with Crippen LogP contribution in [0.3, 0.4) is 0 Å². The summed E-state index contributed by atoms with van der Waals surface area (Å²) in [7, 11) is 0. The van der Waals surface area contributed by atoms with Crippen molar-refractivity contribution in [1.82, 2.24) is 9.88 Å². The number of fused-ring (bicyclic) bond motifs is 1. The molecule has 1 aromatic carbocycles. The van der Waals surface area contributed by atoms with Crippen molar-refractivity contribution < 1.29 is 4.79 Å². The van der Waals surface area contributed by atoms with E-state index in [1.54, 1.807) is 6.20 Å². The van der Waals surface area contributed by atoms with Crippen molar-refractivity contribution in [3.63, 3.8) is 0 Å². The second-order valence-electron chi connectivity index (χ2n) is 9.02. The van der Waals surface area contributed by atoms with E-state index < -0.39 is 5.54 Å². The Labute approximate surface area is 178 Å². The fraction of sp³-hybridized carbons (Fsp3) is 0.435. The molecule has 2 aromatic rings. The number of hydrogen-bond donors (Lipinski definition) is 3. The van der Waals surface area contributed by atoms with Gasteiger partial charge in [-0.25, -0.2) is 9.78 Å². The summed E-state index contributed by atoms with van der Waals surface area (Å²) in [5.41, 5.74) is 2.26. The van der Waals surface area contributed by atoms with Crippen LogP contribution in [0.25, 0.3) is 0 Å². The molecule has 1 aromatic heterocycles. The highest BCUT2D eigenvalue weighted by Gasteiger charge is 2.47. The Morgan fingerprint density at radius 2 is 2.13 bits per heavy atom. The first kappa shape index (κ1) is 20.2. The minimum Gasteiger partial charge on any atom is -0.368 e.